The van der Waals surface area contributed by atoms with Crippen molar-refractivity contribution in [3.8, 4) is 22.6 Å². The van der Waals surface area contributed by atoms with Crippen LogP contribution in [0.25, 0.3) is 15.8 Å². The number of sulfonamides is 1. The minimum atomic E-state index is -3.94. The Hall–Kier alpha value is -2.62. The number of rotatable bonds is 12. The largest absolute Gasteiger partial charge is 1.00 e. The number of hydrogen-bond donors (Lipinski definition) is 0. The second-order valence-electron chi connectivity index (χ2n) is 8.44. The molecule has 9 heteroatoms. The number of amides is 1. The minimum Gasteiger partial charge on any atom is -0.541 e. The summed E-state index contributed by atoms with van der Waals surface area (Å²) in [5.41, 5.74) is 4.08. The first kappa shape index (κ1) is 29.9. The van der Waals surface area contributed by atoms with Crippen LogP contribution in [0.2, 0.25) is 0 Å². The maximum atomic E-state index is 12.3. The topological polar surface area (TPSA) is 83.8 Å². The fourth-order valence-corrected chi connectivity index (χ4v) is 5.68. The van der Waals surface area contributed by atoms with E-state index in [0.717, 1.165) is 45.9 Å². The average Bonchev–Trinajstić information content (AvgIpc) is 3.44. The van der Waals surface area contributed by atoms with Crippen LogP contribution in [0.5, 0.6) is 11.5 Å². The number of thiophene rings is 1. The molecule has 0 saturated carbocycles. The first-order valence-corrected chi connectivity index (χ1v) is 14.3. The monoisotopic (exact) mass is 557 g/mol. The van der Waals surface area contributed by atoms with Crippen molar-refractivity contribution in [2.24, 2.45) is 0 Å². The molecule has 0 aliphatic heterocycles. The third-order valence-electron chi connectivity index (χ3n) is 5.58. The molecule has 38 heavy (non-hydrogen) atoms. The first-order valence-electron chi connectivity index (χ1n) is 12.0. The molecule has 1 heterocycles. The summed E-state index contributed by atoms with van der Waals surface area (Å²) in [6.07, 6.45) is 1.16. The van der Waals surface area contributed by atoms with Crippen LogP contribution in [0.15, 0.2) is 94.5 Å². The molecule has 4 aromatic rings. The molecule has 4 rings (SSSR count). The smallest absolute Gasteiger partial charge is 0.541 e. The van der Waals surface area contributed by atoms with Crippen LogP contribution in [-0.2, 0) is 21.2 Å². The van der Waals surface area contributed by atoms with Crippen molar-refractivity contribution in [1.29, 1.82) is 0 Å². The normalized spacial score (nSPS) is 10.9. The van der Waals surface area contributed by atoms with E-state index in [4.69, 9.17) is 9.47 Å². The Morgan fingerprint density at radius 3 is 2.32 bits per heavy atom. The van der Waals surface area contributed by atoms with E-state index in [9.17, 15) is 13.2 Å². The van der Waals surface area contributed by atoms with E-state index in [1.54, 1.807) is 11.4 Å². The maximum absolute atomic E-state index is 12.3. The van der Waals surface area contributed by atoms with Crippen molar-refractivity contribution < 1.29 is 52.2 Å². The molecule has 0 bridgehead atoms. The number of hydrogen-bond acceptors (Lipinski definition) is 6. The van der Waals surface area contributed by atoms with Gasteiger partial charge in [0.15, 0.2) is 0 Å². The average molecular weight is 558 g/mol. The molecule has 0 saturated heterocycles. The molecule has 0 aliphatic rings. The predicted octanol–water partition coefficient (Wildman–Crippen LogP) is 3.80. The molecule has 0 aliphatic carbocycles. The van der Waals surface area contributed by atoms with Crippen molar-refractivity contribution in [2.45, 2.75) is 30.4 Å². The van der Waals surface area contributed by atoms with E-state index in [1.165, 1.54) is 11.6 Å². The zero-order valence-electron chi connectivity index (χ0n) is 21.5. The van der Waals surface area contributed by atoms with Gasteiger partial charge in [0.2, 0.25) is 0 Å². The van der Waals surface area contributed by atoms with Crippen LogP contribution in [0, 0.1) is 6.92 Å². The molecule has 0 spiro atoms. The van der Waals surface area contributed by atoms with Crippen molar-refractivity contribution in [2.75, 3.05) is 13.2 Å². The Morgan fingerprint density at radius 1 is 0.868 bits per heavy atom. The third-order valence-corrected chi connectivity index (χ3v) is 8.25. The molecule has 3 aromatic carbocycles. The molecule has 0 N–H and O–H groups in total. The molecule has 0 atom stereocenters. The van der Waals surface area contributed by atoms with E-state index >= 15 is 0 Å². The van der Waals surface area contributed by atoms with Crippen molar-refractivity contribution in [3.05, 3.63) is 106 Å². The van der Waals surface area contributed by atoms with Crippen LogP contribution >= 0.6 is 11.3 Å². The molecule has 0 unspecified atom stereocenters. The van der Waals surface area contributed by atoms with Gasteiger partial charge in [0.05, 0.1) is 19.1 Å². The molecule has 1 aromatic heterocycles. The number of carbonyl (C=O) groups excluding carboxylic acids is 1. The Labute approximate surface area is 250 Å². The summed E-state index contributed by atoms with van der Waals surface area (Å²) in [6, 6.07) is 26.6. The van der Waals surface area contributed by atoms with Gasteiger partial charge in [0.1, 0.15) is 25.7 Å². The van der Waals surface area contributed by atoms with Crippen molar-refractivity contribution >= 4 is 27.3 Å². The van der Waals surface area contributed by atoms with Gasteiger partial charge in [-0.15, -0.1) is 11.3 Å². The molecule has 1 amide bonds. The summed E-state index contributed by atoms with van der Waals surface area (Å²) in [4.78, 5) is 12.3. The number of aryl methyl sites for hydroxylation is 2. The second kappa shape index (κ2) is 14.5. The fourth-order valence-electron chi connectivity index (χ4n) is 3.77. The van der Waals surface area contributed by atoms with E-state index in [0.29, 0.717) is 19.6 Å². The Balaban J connectivity index is 0.00000400. The Kier molecular flexibility index (Phi) is 11.4. The quantitative estimate of drug-likeness (QED) is 0.196. The van der Waals surface area contributed by atoms with E-state index in [1.807, 2.05) is 79.7 Å². The molecule has 0 radical (unpaired) electrons. The van der Waals surface area contributed by atoms with E-state index < -0.39 is 15.9 Å². The van der Waals surface area contributed by atoms with Crippen molar-refractivity contribution in [3.63, 3.8) is 0 Å². The maximum Gasteiger partial charge on any atom is 1.00 e. The fraction of sp³-hybridized carbons (Fsp3) is 0.207. The summed E-state index contributed by atoms with van der Waals surface area (Å²) in [7, 11) is -3.94. The summed E-state index contributed by atoms with van der Waals surface area (Å²) in [6.45, 7) is 3.16. The number of benzene rings is 3. The van der Waals surface area contributed by atoms with Gasteiger partial charge in [-0.3, -0.25) is 0 Å². The van der Waals surface area contributed by atoms with Crippen LogP contribution in [0.4, 0.5) is 0 Å². The second-order valence-corrected chi connectivity index (χ2v) is 11.2. The first-order chi connectivity index (χ1) is 17.9. The summed E-state index contributed by atoms with van der Waals surface area (Å²) in [5.74, 6) is 0.977. The number of nitrogens with zero attached hydrogens (tertiary/aromatic N) is 1. The van der Waals surface area contributed by atoms with Crippen LogP contribution < -0.4 is 39.0 Å². The zero-order valence-corrected chi connectivity index (χ0v) is 25.1. The minimum absolute atomic E-state index is 0. The third kappa shape index (κ3) is 8.71. The van der Waals surface area contributed by atoms with Gasteiger partial charge < -0.3 is 19.0 Å². The SMILES string of the molecule is Cc1cccc(OCCCOc2ccc(-c3ccccc3CCC(=O)[N-]S(=O)(=O)c3cccs3)cc2)c1.[Na+]. The van der Waals surface area contributed by atoms with Gasteiger partial charge in [-0.2, -0.15) is 0 Å². The summed E-state index contributed by atoms with van der Waals surface area (Å²) < 4.78 is 39.6. The number of carbonyl (C=O) groups is 1. The van der Waals surface area contributed by atoms with E-state index in [2.05, 4.69) is 4.72 Å². The molecular formula is C29H28NNaO5S2. The standard InChI is InChI=1S/C29H29NO5S2.Na/c1-22-7-4-9-26(21-22)35-19-6-18-34-25-15-12-24(13-16-25)27-10-3-2-8-23(27)14-17-28(31)30-37(32,33)29-11-5-20-36-29;/h2-5,7-13,15-16,20-21H,6,14,17-19H2,1H3,(H,30,31);/q;+1/p-1. The molecule has 192 valence electrons. The van der Waals surface area contributed by atoms with Crippen LogP contribution in [-0.4, -0.2) is 27.5 Å². The van der Waals surface area contributed by atoms with Gasteiger partial charge in [0.25, 0.3) is 0 Å². The van der Waals surface area contributed by atoms with Gasteiger partial charge in [-0.25, -0.2) is 8.42 Å². The Bertz CT molecular complexity index is 1420. The van der Waals surface area contributed by atoms with Gasteiger partial charge >= 0.3 is 29.6 Å². The molecule has 0 fully saturated rings. The number of ether oxygens (including phenoxy) is 2. The molecular weight excluding hydrogens is 529 g/mol. The zero-order chi connectivity index (χ0) is 26.1. The summed E-state index contributed by atoms with van der Waals surface area (Å²) in [5, 5.41) is 1.64. The van der Waals surface area contributed by atoms with E-state index in [-0.39, 0.29) is 40.2 Å². The molecule has 6 nitrogen and oxygen atoms in total. The van der Waals surface area contributed by atoms with Crippen LogP contribution in [0.3, 0.4) is 0 Å². The predicted molar refractivity (Wildman–Crippen MR) is 147 cm³/mol. The van der Waals surface area contributed by atoms with Crippen LogP contribution in [0.1, 0.15) is 24.0 Å². The van der Waals surface area contributed by atoms with Crippen molar-refractivity contribution in [1.82, 2.24) is 0 Å². The van der Waals surface area contributed by atoms with Gasteiger partial charge in [-0.1, -0.05) is 54.6 Å². The Morgan fingerprint density at radius 2 is 1.61 bits per heavy atom. The van der Waals surface area contributed by atoms with Gasteiger partial charge in [0, 0.05) is 6.42 Å². The summed E-state index contributed by atoms with van der Waals surface area (Å²) >= 11 is 1.04. The van der Waals surface area contributed by atoms with Gasteiger partial charge in [-0.05, 0) is 77.7 Å².